The molecule has 0 atom stereocenters. The number of aliphatic carboxylic acids is 1. The molecule has 12 heavy (non-hydrogen) atoms. The Hall–Kier alpha value is -1.00. The molecule has 0 bridgehead atoms. The van der Waals surface area contributed by atoms with Gasteiger partial charge in [-0.05, 0) is 24.1 Å². The van der Waals surface area contributed by atoms with Crippen LogP contribution in [-0.2, 0) is 4.79 Å². The number of hydrogen-bond acceptors (Lipinski definition) is 3. The molecule has 0 aromatic heterocycles. The van der Waals surface area contributed by atoms with Crippen molar-refractivity contribution in [2.45, 2.75) is 4.90 Å². The third-order valence-electron chi connectivity index (χ3n) is 1.16. The van der Waals surface area contributed by atoms with Crippen molar-refractivity contribution in [1.82, 2.24) is 4.72 Å². The van der Waals surface area contributed by atoms with Crippen LogP contribution in [0, 0.1) is 0 Å². The van der Waals surface area contributed by atoms with Gasteiger partial charge in [-0.3, -0.25) is 4.79 Å². The van der Waals surface area contributed by atoms with E-state index in [1.54, 1.807) is 0 Å². The van der Waals surface area contributed by atoms with Crippen molar-refractivity contribution >= 4 is 17.9 Å². The van der Waals surface area contributed by atoms with E-state index in [4.69, 9.17) is 5.11 Å². The van der Waals surface area contributed by atoms with Crippen LogP contribution in [-0.4, -0.2) is 17.6 Å². The van der Waals surface area contributed by atoms with Gasteiger partial charge in [-0.1, -0.05) is 18.2 Å². The van der Waals surface area contributed by atoms with E-state index in [1.165, 1.54) is 11.9 Å². The predicted octanol–water partition coefficient (Wildman–Crippen LogP) is 1.37. The van der Waals surface area contributed by atoms with Gasteiger partial charge in [-0.2, -0.15) is 0 Å². The fraction of sp³-hybridized carbons (Fsp3) is 0.125. The van der Waals surface area contributed by atoms with Crippen LogP contribution in [0.2, 0.25) is 0 Å². The highest BCUT2D eigenvalue weighted by Gasteiger charge is 1.95. The van der Waals surface area contributed by atoms with Crippen LogP contribution >= 0.6 is 11.9 Å². The Labute approximate surface area is 74.9 Å². The molecule has 0 heterocycles. The topological polar surface area (TPSA) is 49.3 Å². The van der Waals surface area contributed by atoms with Crippen molar-refractivity contribution in [1.29, 1.82) is 0 Å². The number of nitrogens with one attached hydrogen (secondary N) is 1. The zero-order valence-corrected chi connectivity index (χ0v) is 7.17. The van der Waals surface area contributed by atoms with E-state index in [0.717, 1.165) is 4.90 Å². The van der Waals surface area contributed by atoms with Crippen LogP contribution in [0.3, 0.4) is 0 Å². The van der Waals surface area contributed by atoms with Crippen LogP contribution in [0.4, 0.5) is 0 Å². The van der Waals surface area contributed by atoms with Crippen molar-refractivity contribution in [2.75, 3.05) is 6.54 Å². The summed E-state index contributed by atoms with van der Waals surface area (Å²) in [4.78, 5) is 11.1. The van der Waals surface area contributed by atoms with E-state index in [2.05, 4.69) is 4.72 Å². The molecule has 0 saturated carbocycles. The minimum absolute atomic E-state index is 0.0282. The first-order chi connectivity index (χ1) is 5.79. The molecular formula is C8H9NO2S. The normalized spacial score (nSPS) is 9.67. The Kier molecular flexibility index (Phi) is 3.63. The van der Waals surface area contributed by atoms with Gasteiger partial charge in [0, 0.05) is 4.90 Å². The molecule has 0 unspecified atom stereocenters. The van der Waals surface area contributed by atoms with Gasteiger partial charge in [-0.15, -0.1) is 0 Å². The lowest BCUT2D eigenvalue weighted by Gasteiger charge is -1.99. The highest BCUT2D eigenvalue weighted by molar-refractivity contribution is 7.97. The van der Waals surface area contributed by atoms with Crippen LogP contribution < -0.4 is 4.72 Å². The highest BCUT2D eigenvalue weighted by Crippen LogP contribution is 2.11. The minimum atomic E-state index is -0.849. The number of benzene rings is 1. The summed E-state index contributed by atoms with van der Waals surface area (Å²) in [7, 11) is 0. The first-order valence-corrected chi connectivity index (χ1v) is 4.27. The summed E-state index contributed by atoms with van der Waals surface area (Å²) in [6.45, 7) is -0.0282. The highest BCUT2D eigenvalue weighted by atomic mass is 32.2. The van der Waals surface area contributed by atoms with E-state index in [0.29, 0.717) is 0 Å². The summed E-state index contributed by atoms with van der Waals surface area (Å²) in [5.41, 5.74) is 0. The first-order valence-electron chi connectivity index (χ1n) is 3.45. The van der Waals surface area contributed by atoms with Crippen LogP contribution in [0.5, 0.6) is 0 Å². The molecule has 4 heteroatoms. The molecule has 0 aliphatic heterocycles. The summed E-state index contributed by atoms with van der Waals surface area (Å²) in [5, 5.41) is 8.32. The Balaban J connectivity index is 2.29. The smallest absolute Gasteiger partial charge is 0.318 e. The molecule has 0 aliphatic carbocycles. The summed E-state index contributed by atoms with van der Waals surface area (Å²) in [6.07, 6.45) is 0. The molecule has 3 nitrogen and oxygen atoms in total. The van der Waals surface area contributed by atoms with Gasteiger partial charge < -0.3 is 5.11 Å². The molecular weight excluding hydrogens is 174 g/mol. The second kappa shape index (κ2) is 4.79. The van der Waals surface area contributed by atoms with E-state index >= 15 is 0 Å². The molecule has 64 valence electrons. The molecule has 1 aromatic rings. The average Bonchev–Trinajstić information content (AvgIpc) is 2.05. The maximum absolute atomic E-state index is 10.1. The standard InChI is InChI=1S/C8H9NO2S/c10-8(11)6-9-12-7-4-2-1-3-5-7/h1-5,9H,6H2,(H,10,11). The van der Waals surface area contributed by atoms with E-state index in [9.17, 15) is 4.79 Å². The van der Waals surface area contributed by atoms with Crippen molar-refractivity contribution in [3.63, 3.8) is 0 Å². The Morgan fingerprint density at radius 1 is 1.42 bits per heavy atom. The number of hydrogen-bond donors (Lipinski definition) is 2. The monoisotopic (exact) mass is 183 g/mol. The van der Waals surface area contributed by atoms with E-state index in [-0.39, 0.29) is 6.54 Å². The summed E-state index contributed by atoms with van der Waals surface area (Å²) >= 11 is 1.32. The van der Waals surface area contributed by atoms with Crippen molar-refractivity contribution in [3.8, 4) is 0 Å². The maximum atomic E-state index is 10.1. The van der Waals surface area contributed by atoms with Crippen LogP contribution in [0.25, 0.3) is 0 Å². The summed E-state index contributed by atoms with van der Waals surface area (Å²) in [6, 6.07) is 9.57. The minimum Gasteiger partial charge on any atom is -0.480 e. The van der Waals surface area contributed by atoms with Gasteiger partial charge in [0.05, 0.1) is 0 Å². The predicted molar refractivity (Wildman–Crippen MR) is 47.9 cm³/mol. The number of carboxylic acids is 1. The van der Waals surface area contributed by atoms with Gasteiger partial charge in [-0.25, -0.2) is 4.72 Å². The lowest BCUT2D eigenvalue weighted by molar-refractivity contribution is -0.135. The van der Waals surface area contributed by atoms with Gasteiger partial charge in [0.1, 0.15) is 6.54 Å². The lowest BCUT2D eigenvalue weighted by Crippen LogP contribution is -2.15. The quantitative estimate of drug-likeness (QED) is 0.692. The molecule has 0 radical (unpaired) electrons. The molecule has 1 rings (SSSR count). The zero-order valence-electron chi connectivity index (χ0n) is 6.36. The first kappa shape index (κ1) is 9.09. The molecule has 0 spiro atoms. The third-order valence-corrected chi connectivity index (χ3v) is 1.95. The van der Waals surface area contributed by atoms with Crippen LogP contribution in [0.15, 0.2) is 35.2 Å². The maximum Gasteiger partial charge on any atom is 0.318 e. The molecule has 2 N–H and O–H groups in total. The molecule has 0 amide bonds. The number of rotatable bonds is 4. The average molecular weight is 183 g/mol. The van der Waals surface area contributed by atoms with E-state index in [1.807, 2.05) is 30.3 Å². The van der Waals surface area contributed by atoms with Crippen molar-refractivity contribution < 1.29 is 9.90 Å². The van der Waals surface area contributed by atoms with Gasteiger partial charge in [0.25, 0.3) is 0 Å². The number of carboxylic acid groups (broad SMARTS) is 1. The second-order valence-electron chi connectivity index (χ2n) is 2.13. The Morgan fingerprint density at radius 3 is 2.67 bits per heavy atom. The van der Waals surface area contributed by atoms with E-state index < -0.39 is 5.97 Å². The van der Waals surface area contributed by atoms with Crippen molar-refractivity contribution in [3.05, 3.63) is 30.3 Å². The molecule has 0 fully saturated rings. The van der Waals surface area contributed by atoms with Crippen LogP contribution in [0.1, 0.15) is 0 Å². The SMILES string of the molecule is O=C(O)CNSc1ccccc1. The molecule has 0 saturated heterocycles. The second-order valence-corrected chi connectivity index (χ2v) is 3.09. The third kappa shape index (κ3) is 3.41. The Bertz CT molecular complexity index is 250. The zero-order chi connectivity index (χ0) is 8.81. The largest absolute Gasteiger partial charge is 0.480 e. The number of carbonyl (C=O) groups is 1. The fourth-order valence-electron chi connectivity index (χ4n) is 0.670. The van der Waals surface area contributed by atoms with Gasteiger partial charge in [0.2, 0.25) is 0 Å². The molecule has 1 aromatic carbocycles. The molecule has 0 aliphatic rings. The summed E-state index contributed by atoms with van der Waals surface area (Å²) in [5.74, 6) is -0.849. The van der Waals surface area contributed by atoms with Gasteiger partial charge >= 0.3 is 5.97 Å². The van der Waals surface area contributed by atoms with Crippen molar-refractivity contribution in [2.24, 2.45) is 0 Å². The fourth-order valence-corrected chi connectivity index (χ4v) is 1.33. The Morgan fingerprint density at radius 2 is 2.08 bits per heavy atom. The summed E-state index contributed by atoms with van der Waals surface area (Å²) < 4.78 is 2.72. The van der Waals surface area contributed by atoms with Gasteiger partial charge in [0.15, 0.2) is 0 Å². The lowest BCUT2D eigenvalue weighted by atomic mass is 10.4.